The van der Waals surface area contributed by atoms with Gasteiger partial charge in [0.1, 0.15) is 11.5 Å². The van der Waals surface area contributed by atoms with E-state index >= 15 is 0 Å². The van der Waals surface area contributed by atoms with Gasteiger partial charge >= 0.3 is 0 Å². The van der Waals surface area contributed by atoms with E-state index in [1.54, 1.807) is 33.3 Å². The summed E-state index contributed by atoms with van der Waals surface area (Å²) in [5.41, 5.74) is 0.776. The highest BCUT2D eigenvalue weighted by atomic mass is 32.2. The fourth-order valence-electron chi connectivity index (χ4n) is 1.97. The third-order valence-corrected chi connectivity index (χ3v) is 4.37. The number of benzene rings is 1. The second-order valence-electron chi connectivity index (χ2n) is 4.75. The Morgan fingerprint density at radius 3 is 2.35 bits per heavy atom. The molecule has 128 valence electrons. The van der Waals surface area contributed by atoms with Gasteiger partial charge < -0.3 is 9.47 Å². The average molecular weight is 343 g/mol. The van der Waals surface area contributed by atoms with Crippen LogP contribution >= 0.6 is 11.8 Å². The van der Waals surface area contributed by atoms with E-state index in [1.807, 2.05) is 0 Å². The monoisotopic (exact) mass is 343 g/mol. The van der Waals surface area contributed by atoms with Crippen LogP contribution in [0.2, 0.25) is 0 Å². The van der Waals surface area contributed by atoms with E-state index in [0.29, 0.717) is 29.9 Å². The highest BCUT2D eigenvalue weighted by molar-refractivity contribution is 7.99. The van der Waals surface area contributed by atoms with Crippen LogP contribution in [-0.4, -0.2) is 31.6 Å². The lowest BCUT2D eigenvalue weighted by Crippen LogP contribution is -1.98. The van der Waals surface area contributed by atoms with Gasteiger partial charge in [-0.3, -0.25) is 14.5 Å². The molecule has 0 spiro atoms. The smallest absolute Gasteiger partial charge is 0.246 e. The second kappa shape index (κ2) is 10.1. The summed E-state index contributed by atoms with van der Waals surface area (Å²) in [5.74, 6) is 1.94. The highest BCUT2D eigenvalue weighted by Crippen LogP contribution is 2.40. The molecule has 0 radical (unpaired) electrons. The zero-order valence-electron chi connectivity index (χ0n) is 13.6. The molecule has 0 aliphatic carbocycles. The molecular formula is C16H22FNO4S. The van der Waals surface area contributed by atoms with Gasteiger partial charge in [-0.15, -0.1) is 11.8 Å². The number of unbranched alkanes of at least 4 members (excludes halogenated alkanes) is 1. The third-order valence-electron chi connectivity index (χ3n) is 3.19. The van der Waals surface area contributed by atoms with Crippen LogP contribution in [0.1, 0.15) is 31.7 Å². The fraction of sp³-hybridized carbons (Fsp3) is 0.500. The van der Waals surface area contributed by atoms with Crippen molar-refractivity contribution in [3.63, 3.8) is 0 Å². The molecule has 0 bridgehead atoms. The van der Waals surface area contributed by atoms with Crippen LogP contribution in [0.4, 0.5) is 4.39 Å². The van der Waals surface area contributed by atoms with E-state index < -0.39 is 4.92 Å². The Kier molecular flexibility index (Phi) is 8.47. The first-order chi connectivity index (χ1) is 11.1. The molecule has 0 saturated carbocycles. The van der Waals surface area contributed by atoms with Crippen LogP contribution in [0.5, 0.6) is 11.5 Å². The Bertz CT molecular complexity index is 538. The molecule has 0 aliphatic heterocycles. The minimum absolute atomic E-state index is 0.123. The van der Waals surface area contributed by atoms with Gasteiger partial charge in [0.05, 0.1) is 30.7 Å². The zero-order chi connectivity index (χ0) is 17.2. The Morgan fingerprint density at radius 2 is 1.91 bits per heavy atom. The minimum atomic E-state index is -0.390. The van der Waals surface area contributed by atoms with E-state index in [-0.39, 0.29) is 12.4 Å². The molecule has 0 saturated heterocycles. The first-order valence-corrected chi connectivity index (χ1v) is 8.35. The van der Waals surface area contributed by atoms with Crippen LogP contribution < -0.4 is 9.47 Å². The lowest BCUT2D eigenvalue weighted by molar-refractivity contribution is -0.425. The lowest BCUT2D eigenvalue weighted by Gasteiger charge is -2.14. The maximum absolute atomic E-state index is 12.2. The number of rotatable bonds is 10. The number of hydrogen-bond acceptors (Lipinski definition) is 5. The summed E-state index contributed by atoms with van der Waals surface area (Å²) >= 11 is 1.53. The minimum Gasteiger partial charge on any atom is -0.495 e. The number of ether oxygens (including phenoxy) is 2. The number of allylic oxidation sites excluding steroid dienone is 1. The summed E-state index contributed by atoms with van der Waals surface area (Å²) in [6, 6.07) is 3.50. The number of hydrogen-bond donors (Lipinski definition) is 0. The number of methoxy groups -OCH3 is 2. The molecule has 0 fully saturated rings. The van der Waals surface area contributed by atoms with Crippen LogP contribution in [0.25, 0.3) is 6.08 Å². The van der Waals surface area contributed by atoms with Crippen molar-refractivity contribution in [1.82, 2.24) is 0 Å². The lowest BCUT2D eigenvalue weighted by atomic mass is 10.1. The number of nitro groups is 1. The molecule has 0 atom stereocenters. The molecule has 5 nitrogen and oxygen atoms in total. The third kappa shape index (κ3) is 5.74. The summed E-state index contributed by atoms with van der Waals surface area (Å²) in [4.78, 5) is 11.4. The van der Waals surface area contributed by atoms with Crippen molar-refractivity contribution in [2.24, 2.45) is 0 Å². The van der Waals surface area contributed by atoms with Crippen LogP contribution in [0, 0.1) is 10.1 Å². The highest BCUT2D eigenvalue weighted by Gasteiger charge is 2.15. The Balaban J connectivity index is 3.12. The van der Waals surface area contributed by atoms with Gasteiger partial charge in [-0.1, -0.05) is 6.92 Å². The second-order valence-corrected chi connectivity index (χ2v) is 5.85. The van der Waals surface area contributed by atoms with E-state index in [1.165, 1.54) is 17.8 Å². The molecule has 0 amide bonds. The van der Waals surface area contributed by atoms with Gasteiger partial charge in [-0.2, -0.15) is 0 Å². The average Bonchev–Trinajstić information content (AvgIpc) is 2.56. The number of alkyl halides is 1. The molecule has 23 heavy (non-hydrogen) atoms. The van der Waals surface area contributed by atoms with Gasteiger partial charge in [0, 0.05) is 12.5 Å². The summed E-state index contributed by atoms with van der Waals surface area (Å²) in [7, 11) is 3.09. The number of thioether (sulfide) groups is 1. The first-order valence-electron chi connectivity index (χ1n) is 7.37. The molecule has 0 N–H and O–H groups in total. The van der Waals surface area contributed by atoms with Crippen molar-refractivity contribution in [2.45, 2.75) is 31.1 Å². The van der Waals surface area contributed by atoms with Crippen molar-refractivity contribution in [3.05, 3.63) is 33.5 Å². The molecule has 0 unspecified atom stereocenters. The topological polar surface area (TPSA) is 61.6 Å². The summed E-state index contributed by atoms with van der Waals surface area (Å²) in [6.45, 7) is 1.41. The maximum Gasteiger partial charge on any atom is 0.246 e. The molecule has 1 aromatic carbocycles. The van der Waals surface area contributed by atoms with Gasteiger partial charge in [0.2, 0.25) is 5.70 Å². The molecule has 0 aliphatic rings. The Hall–Kier alpha value is -1.76. The van der Waals surface area contributed by atoms with Gasteiger partial charge in [-0.05, 0) is 36.3 Å². The van der Waals surface area contributed by atoms with Crippen molar-refractivity contribution >= 4 is 17.8 Å². The largest absolute Gasteiger partial charge is 0.495 e. The Labute approximate surface area is 140 Å². The molecule has 1 rings (SSSR count). The van der Waals surface area contributed by atoms with Crippen molar-refractivity contribution < 1.29 is 18.8 Å². The SMILES string of the molecule is CCC(=Cc1cc(OC)c(SCCCCF)c(OC)c1)[N+](=O)[O-]. The fourth-order valence-corrected chi connectivity index (χ4v) is 3.09. The van der Waals surface area contributed by atoms with E-state index in [9.17, 15) is 14.5 Å². The summed E-state index contributed by atoms with van der Waals surface area (Å²) in [5, 5.41) is 11.0. The van der Waals surface area contributed by atoms with Gasteiger partial charge in [-0.25, -0.2) is 0 Å². The van der Waals surface area contributed by atoms with Crippen LogP contribution in [-0.2, 0) is 0 Å². The van der Waals surface area contributed by atoms with E-state index in [0.717, 1.165) is 17.1 Å². The van der Waals surface area contributed by atoms with E-state index in [4.69, 9.17) is 9.47 Å². The standard InChI is InChI=1S/C16H22FNO4S/c1-4-13(18(19)20)9-12-10-14(21-2)16(15(11-12)22-3)23-8-6-5-7-17/h9-11H,4-8H2,1-3H3. The number of nitrogens with zero attached hydrogens (tertiary/aromatic N) is 1. The van der Waals surface area contributed by atoms with Crippen molar-refractivity contribution in [2.75, 3.05) is 26.6 Å². The summed E-state index contributed by atoms with van der Waals surface area (Å²) in [6.07, 6.45) is 3.14. The molecule has 0 aromatic heterocycles. The normalized spacial score (nSPS) is 11.4. The molecule has 0 heterocycles. The van der Waals surface area contributed by atoms with Gasteiger partial charge in [0.15, 0.2) is 0 Å². The molecule has 1 aromatic rings. The number of halogens is 1. The quantitative estimate of drug-likeness (QED) is 0.269. The van der Waals surface area contributed by atoms with Crippen LogP contribution in [0.3, 0.4) is 0 Å². The summed E-state index contributed by atoms with van der Waals surface area (Å²) < 4.78 is 22.9. The van der Waals surface area contributed by atoms with Crippen LogP contribution in [0.15, 0.2) is 22.7 Å². The molecule has 7 heteroatoms. The first kappa shape index (κ1) is 19.3. The predicted molar refractivity (Wildman–Crippen MR) is 90.7 cm³/mol. The van der Waals surface area contributed by atoms with Crippen molar-refractivity contribution in [1.29, 1.82) is 0 Å². The predicted octanol–water partition coefficient (Wildman–Crippen LogP) is 4.57. The van der Waals surface area contributed by atoms with Crippen molar-refractivity contribution in [3.8, 4) is 11.5 Å². The van der Waals surface area contributed by atoms with Gasteiger partial charge in [0.25, 0.3) is 0 Å². The zero-order valence-corrected chi connectivity index (χ0v) is 14.5. The van der Waals surface area contributed by atoms with E-state index in [2.05, 4.69) is 0 Å². The Morgan fingerprint density at radius 1 is 1.30 bits per heavy atom. The maximum atomic E-state index is 12.2. The molecular weight excluding hydrogens is 321 g/mol.